The van der Waals surface area contributed by atoms with Crippen LogP contribution >= 0.6 is 34.8 Å². The molecule has 3 rings (SSSR count). The van der Waals surface area contributed by atoms with Gasteiger partial charge >= 0.3 is 6.03 Å². The Morgan fingerprint density at radius 2 is 2.07 bits per heavy atom. The summed E-state index contributed by atoms with van der Waals surface area (Å²) in [5.74, 6) is -0.524. The number of hydrogen-bond acceptors (Lipinski definition) is 3. The second kappa shape index (κ2) is 8.47. The van der Waals surface area contributed by atoms with Gasteiger partial charge in [-0.3, -0.25) is 4.99 Å². The number of urea groups is 1. The van der Waals surface area contributed by atoms with Crippen LogP contribution in [0.2, 0.25) is 5.02 Å². The van der Waals surface area contributed by atoms with Crippen LogP contribution in [0.3, 0.4) is 0 Å². The number of anilines is 1. The molecule has 0 spiro atoms. The van der Waals surface area contributed by atoms with Crippen molar-refractivity contribution in [2.75, 3.05) is 31.5 Å². The van der Waals surface area contributed by atoms with Crippen molar-refractivity contribution in [1.82, 2.24) is 9.80 Å². The van der Waals surface area contributed by atoms with Gasteiger partial charge in [-0.15, -0.1) is 11.6 Å². The highest BCUT2D eigenvalue weighted by molar-refractivity contribution is 6.41. The number of aliphatic imine (C=N–C) groups is 1. The summed E-state index contributed by atoms with van der Waals surface area (Å²) in [6.07, 6.45) is 2.40. The van der Waals surface area contributed by atoms with Gasteiger partial charge in [0.1, 0.15) is 10.7 Å². The number of alkyl halides is 1. The zero-order valence-corrected chi connectivity index (χ0v) is 18.0. The van der Waals surface area contributed by atoms with Gasteiger partial charge in [0, 0.05) is 37.6 Å². The molecule has 1 aromatic carbocycles. The number of carbonyl (C=O) groups excluding carboxylic acids is 1. The summed E-state index contributed by atoms with van der Waals surface area (Å²) in [4.78, 5) is 20.2. The van der Waals surface area contributed by atoms with Gasteiger partial charge in [0.05, 0.1) is 22.3 Å². The van der Waals surface area contributed by atoms with Gasteiger partial charge in [-0.25, -0.2) is 9.18 Å². The SMILES string of the molecule is CC1CCN(C2=C(Cl)C=NCC2(C)Cl)CCN1C(=O)Nc1ccc(F)c(Cl)c1. The molecule has 2 aliphatic heterocycles. The summed E-state index contributed by atoms with van der Waals surface area (Å²) >= 11 is 18.8. The van der Waals surface area contributed by atoms with E-state index in [1.807, 2.05) is 13.8 Å². The Morgan fingerprint density at radius 3 is 2.75 bits per heavy atom. The second-order valence-corrected chi connectivity index (χ2v) is 8.89. The van der Waals surface area contributed by atoms with Crippen LogP contribution in [0.25, 0.3) is 0 Å². The number of allylic oxidation sites excluding steroid dienone is 1. The Hall–Kier alpha value is -1.50. The van der Waals surface area contributed by atoms with Crippen LogP contribution in [0.15, 0.2) is 33.9 Å². The maximum absolute atomic E-state index is 13.3. The minimum atomic E-state index is -0.669. The maximum Gasteiger partial charge on any atom is 0.322 e. The number of nitrogens with zero attached hydrogens (tertiary/aromatic N) is 3. The molecule has 152 valence electrons. The molecule has 5 nitrogen and oxygen atoms in total. The van der Waals surface area contributed by atoms with Crippen LogP contribution in [0, 0.1) is 5.82 Å². The molecule has 9 heteroatoms. The fourth-order valence-electron chi connectivity index (χ4n) is 3.52. The predicted octanol–water partition coefficient (Wildman–Crippen LogP) is 4.94. The van der Waals surface area contributed by atoms with Gasteiger partial charge in [-0.1, -0.05) is 23.2 Å². The molecule has 0 aromatic heterocycles. The zero-order valence-electron chi connectivity index (χ0n) is 15.7. The average molecular weight is 448 g/mol. The summed E-state index contributed by atoms with van der Waals surface area (Å²) in [7, 11) is 0. The quantitative estimate of drug-likeness (QED) is 0.653. The minimum absolute atomic E-state index is 0.0131. The number of carbonyl (C=O) groups is 1. The van der Waals surface area contributed by atoms with Crippen LogP contribution in [-0.4, -0.2) is 59.1 Å². The van der Waals surface area contributed by atoms with Crippen LogP contribution in [-0.2, 0) is 0 Å². The zero-order chi connectivity index (χ0) is 20.5. The van der Waals surface area contributed by atoms with E-state index in [1.54, 1.807) is 11.1 Å². The number of hydrogen-bond donors (Lipinski definition) is 1. The molecule has 2 atom stereocenters. The number of nitrogens with one attached hydrogen (secondary N) is 1. The third-order valence-corrected chi connectivity index (χ3v) is 5.89. The van der Waals surface area contributed by atoms with Gasteiger partial charge in [0.15, 0.2) is 0 Å². The molecule has 2 unspecified atom stereocenters. The first-order valence-corrected chi connectivity index (χ1v) is 10.2. The van der Waals surface area contributed by atoms with E-state index in [4.69, 9.17) is 34.8 Å². The molecular formula is C19H22Cl3FN4O. The molecule has 28 heavy (non-hydrogen) atoms. The normalized spacial score (nSPS) is 25.7. The highest BCUT2D eigenvalue weighted by atomic mass is 35.5. The van der Waals surface area contributed by atoms with Crippen LogP contribution < -0.4 is 5.32 Å². The third-order valence-electron chi connectivity index (χ3n) is 5.02. The third kappa shape index (κ3) is 4.56. The van der Waals surface area contributed by atoms with E-state index in [0.29, 0.717) is 30.4 Å². The fourth-order valence-corrected chi connectivity index (χ4v) is 4.43. The second-order valence-electron chi connectivity index (χ2n) is 7.24. The highest BCUT2D eigenvalue weighted by Gasteiger charge is 2.36. The van der Waals surface area contributed by atoms with Gasteiger partial charge in [0.2, 0.25) is 0 Å². The van der Waals surface area contributed by atoms with Crippen LogP contribution in [0.5, 0.6) is 0 Å². The molecule has 0 radical (unpaired) electrons. The maximum atomic E-state index is 13.3. The smallest absolute Gasteiger partial charge is 0.322 e. The highest BCUT2D eigenvalue weighted by Crippen LogP contribution is 2.35. The molecule has 1 N–H and O–H groups in total. The van der Waals surface area contributed by atoms with Crippen molar-refractivity contribution >= 4 is 52.7 Å². The topological polar surface area (TPSA) is 47.9 Å². The van der Waals surface area contributed by atoms with Gasteiger partial charge < -0.3 is 15.1 Å². The predicted molar refractivity (Wildman–Crippen MR) is 113 cm³/mol. The van der Waals surface area contributed by atoms with E-state index in [1.165, 1.54) is 18.2 Å². The Morgan fingerprint density at radius 1 is 1.32 bits per heavy atom. The van der Waals surface area contributed by atoms with Crippen molar-refractivity contribution in [3.63, 3.8) is 0 Å². The van der Waals surface area contributed by atoms with Crippen molar-refractivity contribution in [2.45, 2.75) is 31.2 Å². The van der Waals surface area contributed by atoms with Crippen molar-refractivity contribution in [3.05, 3.63) is 39.8 Å². The summed E-state index contributed by atoms with van der Waals surface area (Å²) < 4.78 is 13.3. The van der Waals surface area contributed by atoms with Gasteiger partial charge in [0.25, 0.3) is 0 Å². The van der Waals surface area contributed by atoms with Gasteiger partial charge in [-0.05, 0) is 38.5 Å². The van der Waals surface area contributed by atoms with Crippen LogP contribution in [0.4, 0.5) is 14.9 Å². The average Bonchev–Trinajstić information content (AvgIpc) is 2.79. The first kappa shape index (κ1) is 21.2. The number of dihydropyridines is 1. The Kier molecular flexibility index (Phi) is 6.42. The van der Waals surface area contributed by atoms with Gasteiger partial charge in [-0.2, -0.15) is 0 Å². The largest absolute Gasteiger partial charge is 0.370 e. The standard InChI is InChI=1S/C19H22Cl3FN4O/c1-12-5-6-26(17-15(21)10-24-11-19(17,2)22)7-8-27(12)18(28)25-13-3-4-16(23)14(20)9-13/h3-4,9-10,12H,5-8,11H2,1-2H3,(H,25,28). The molecule has 2 heterocycles. The lowest BCUT2D eigenvalue weighted by molar-refractivity contribution is 0.195. The molecule has 0 aliphatic carbocycles. The molecule has 1 saturated heterocycles. The first-order chi connectivity index (χ1) is 13.2. The van der Waals surface area contributed by atoms with E-state index in [0.717, 1.165) is 18.7 Å². The lowest BCUT2D eigenvalue weighted by Gasteiger charge is -2.36. The molecule has 1 fully saturated rings. The van der Waals surface area contributed by atoms with Crippen molar-refractivity contribution in [3.8, 4) is 0 Å². The number of rotatable bonds is 2. The lowest BCUT2D eigenvalue weighted by Crippen LogP contribution is -2.43. The van der Waals surface area contributed by atoms with E-state index >= 15 is 0 Å². The number of halogens is 4. The van der Waals surface area contributed by atoms with E-state index < -0.39 is 10.7 Å². The van der Waals surface area contributed by atoms with Crippen molar-refractivity contribution < 1.29 is 9.18 Å². The van der Waals surface area contributed by atoms with Crippen molar-refractivity contribution in [1.29, 1.82) is 0 Å². The lowest BCUT2D eigenvalue weighted by atomic mass is 10.0. The fraction of sp³-hybridized carbons (Fsp3) is 0.474. The number of benzene rings is 1. The minimum Gasteiger partial charge on any atom is -0.370 e. The molecular weight excluding hydrogens is 426 g/mol. The Balaban J connectivity index is 1.72. The molecule has 2 aliphatic rings. The molecule has 0 saturated carbocycles. The Bertz CT molecular complexity index is 827. The first-order valence-electron chi connectivity index (χ1n) is 9.05. The molecule has 2 amide bonds. The molecule has 1 aromatic rings. The van der Waals surface area contributed by atoms with Crippen molar-refractivity contribution in [2.24, 2.45) is 4.99 Å². The van der Waals surface area contributed by atoms with E-state index in [9.17, 15) is 9.18 Å². The number of amides is 2. The van der Waals surface area contributed by atoms with E-state index in [-0.39, 0.29) is 17.1 Å². The summed E-state index contributed by atoms with van der Waals surface area (Å²) in [5.41, 5.74) is 1.30. The monoisotopic (exact) mass is 446 g/mol. The summed E-state index contributed by atoms with van der Waals surface area (Å²) in [5, 5.41) is 3.29. The molecule has 0 bridgehead atoms. The summed E-state index contributed by atoms with van der Waals surface area (Å²) in [6.45, 7) is 6.19. The summed E-state index contributed by atoms with van der Waals surface area (Å²) in [6, 6.07) is 3.87. The van der Waals surface area contributed by atoms with E-state index in [2.05, 4.69) is 15.2 Å². The van der Waals surface area contributed by atoms with Crippen LogP contribution in [0.1, 0.15) is 20.3 Å². The Labute approximate surface area is 179 Å².